The molecule has 2 heterocycles. The molecular weight excluding hydrogens is 527 g/mol. The number of piperazine rings is 1. The molecule has 0 bridgehead atoms. The third-order valence-electron chi connectivity index (χ3n) is 5.81. The molecule has 2 aromatic rings. The predicted octanol–water partition coefficient (Wildman–Crippen LogP) is 5.27. The molecule has 0 radical (unpaired) electrons. The topological polar surface area (TPSA) is 34.2 Å². The van der Waals surface area contributed by atoms with Gasteiger partial charge in [-0.15, -0.1) is 0 Å². The molecule has 0 aromatic heterocycles. The van der Waals surface area contributed by atoms with Crippen LogP contribution in [0, 0.1) is 3.57 Å². The largest absolute Gasteiger partial charge is 0.491 e. The first-order chi connectivity index (χ1) is 14.8. The van der Waals surface area contributed by atoms with Gasteiger partial charge in [0.25, 0.3) is 0 Å². The second-order valence-electron chi connectivity index (χ2n) is 8.14. The maximum Gasteiger partial charge on any atom is 0.194 e. The van der Waals surface area contributed by atoms with Crippen LogP contribution in [0.4, 0.5) is 5.69 Å². The molecule has 0 amide bonds. The number of hydrogen-bond acceptors (Lipinski definition) is 5. The Bertz CT molecular complexity index is 931. The van der Waals surface area contributed by atoms with Gasteiger partial charge in [0, 0.05) is 46.7 Å². The van der Waals surface area contributed by atoms with Crippen molar-refractivity contribution in [1.29, 1.82) is 0 Å². The second kappa shape index (κ2) is 9.57. The first kappa shape index (κ1) is 22.7. The summed E-state index contributed by atoms with van der Waals surface area (Å²) in [6.07, 6.45) is -0.157. The van der Waals surface area contributed by atoms with Crippen LogP contribution in [0.15, 0.2) is 54.7 Å². The minimum atomic E-state index is -0.856. The van der Waals surface area contributed by atoms with Crippen LogP contribution in [-0.2, 0) is 15.3 Å². The monoisotopic (exact) mass is 554 g/mol. The number of benzene rings is 2. The van der Waals surface area contributed by atoms with E-state index in [9.17, 15) is 0 Å². The molecule has 2 aliphatic heterocycles. The van der Waals surface area contributed by atoms with Gasteiger partial charge in [0.15, 0.2) is 5.79 Å². The lowest BCUT2D eigenvalue weighted by Gasteiger charge is -2.37. The molecule has 5 nitrogen and oxygen atoms in total. The van der Waals surface area contributed by atoms with Crippen molar-refractivity contribution < 1.29 is 14.2 Å². The SMILES string of the molecule is C=C(C)N1CCN(c2ccc(OCC3COC(C)(c4ccc(I)cc4Cl)O3)cc2)CC1. The normalized spacial score (nSPS) is 23.8. The number of rotatable bonds is 6. The molecule has 2 saturated heterocycles. The van der Waals surface area contributed by atoms with Gasteiger partial charge in [-0.1, -0.05) is 24.2 Å². The lowest BCUT2D eigenvalue weighted by atomic mass is 10.1. The summed E-state index contributed by atoms with van der Waals surface area (Å²) < 4.78 is 19.2. The molecule has 0 N–H and O–H groups in total. The number of nitrogens with zero attached hydrogens (tertiary/aromatic N) is 2. The van der Waals surface area contributed by atoms with Crippen molar-refractivity contribution in [3.8, 4) is 5.75 Å². The Hall–Kier alpha value is -1.48. The van der Waals surface area contributed by atoms with Crippen LogP contribution in [0.3, 0.4) is 0 Å². The Labute approximate surface area is 203 Å². The standard InChI is InChI=1S/C24H28ClIN2O3/c1-17(2)27-10-12-28(13-11-27)19-5-7-20(8-6-19)29-15-21-16-30-24(3,31-21)22-9-4-18(26)14-23(22)25/h4-9,14,21H,1,10-13,15-16H2,2-3H3. The van der Waals surface area contributed by atoms with Gasteiger partial charge in [0.1, 0.15) is 18.5 Å². The highest BCUT2D eigenvalue weighted by molar-refractivity contribution is 14.1. The minimum Gasteiger partial charge on any atom is -0.491 e. The minimum absolute atomic E-state index is 0.157. The fourth-order valence-electron chi connectivity index (χ4n) is 4.01. The maximum absolute atomic E-state index is 6.42. The smallest absolute Gasteiger partial charge is 0.194 e. The Morgan fingerprint density at radius 1 is 1.19 bits per heavy atom. The average Bonchev–Trinajstić information content (AvgIpc) is 3.14. The number of ether oxygens (including phenoxy) is 3. The summed E-state index contributed by atoms with van der Waals surface area (Å²) >= 11 is 8.65. The number of allylic oxidation sites excluding steroid dienone is 1. The van der Waals surface area contributed by atoms with Crippen LogP contribution in [0.1, 0.15) is 19.4 Å². The molecule has 2 unspecified atom stereocenters. The Morgan fingerprint density at radius 3 is 2.55 bits per heavy atom. The third kappa shape index (κ3) is 5.30. The summed E-state index contributed by atoms with van der Waals surface area (Å²) in [5.41, 5.74) is 3.20. The van der Waals surface area contributed by atoms with Gasteiger partial charge in [0.2, 0.25) is 0 Å². The number of hydrogen-bond donors (Lipinski definition) is 0. The highest BCUT2D eigenvalue weighted by Crippen LogP contribution is 2.38. The van der Waals surface area contributed by atoms with Crippen LogP contribution in [0.5, 0.6) is 5.75 Å². The molecule has 2 aliphatic rings. The maximum atomic E-state index is 6.42. The van der Waals surface area contributed by atoms with E-state index in [0.29, 0.717) is 18.2 Å². The van der Waals surface area contributed by atoms with Crippen molar-refractivity contribution in [1.82, 2.24) is 4.90 Å². The summed E-state index contributed by atoms with van der Waals surface area (Å²) in [7, 11) is 0. The predicted molar refractivity (Wildman–Crippen MR) is 133 cm³/mol. The van der Waals surface area contributed by atoms with Gasteiger partial charge in [-0.05, 0) is 72.8 Å². The Balaban J connectivity index is 1.30. The summed E-state index contributed by atoms with van der Waals surface area (Å²) in [6, 6.07) is 14.2. The average molecular weight is 555 g/mol. The molecule has 0 aliphatic carbocycles. The molecule has 7 heteroatoms. The van der Waals surface area contributed by atoms with E-state index in [0.717, 1.165) is 46.8 Å². The van der Waals surface area contributed by atoms with Crippen molar-refractivity contribution in [2.24, 2.45) is 0 Å². The van der Waals surface area contributed by atoms with E-state index >= 15 is 0 Å². The second-order valence-corrected chi connectivity index (χ2v) is 9.79. The molecule has 2 fully saturated rings. The fourth-order valence-corrected chi connectivity index (χ4v) is 5.04. The summed E-state index contributed by atoms with van der Waals surface area (Å²) in [4.78, 5) is 4.72. The van der Waals surface area contributed by atoms with E-state index in [1.54, 1.807) is 0 Å². The van der Waals surface area contributed by atoms with Gasteiger partial charge < -0.3 is 24.0 Å². The molecule has 2 atom stereocenters. The van der Waals surface area contributed by atoms with Gasteiger partial charge in [0.05, 0.1) is 11.6 Å². The van der Waals surface area contributed by atoms with Crippen molar-refractivity contribution in [2.45, 2.75) is 25.7 Å². The zero-order valence-corrected chi connectivity index (χ0v) is 20.9. The molecule has 0 saturated carbocycles. The van der Waals surface area contributed by atoms with Gasteiger partial charge in [-0.3, -0.25) is 0 Å². The Kier molecular flexibility index (Phi) is 7.01. The van der Waals surface area contributed by atoms with E-state index in [4.69, 9.17) is 25.8 Å². The molecule has 166 valence electrons. The number of anilines is 1. The summed E-state index contributed by atoms with van der Waals surface area (Å²) in [5.74, 6) is -0.0283. The van der Waals surface area contributed by atoms with Gasteiger partial charge in [-0.25, -0.2) is 0 Å². The van der Waals surface area contributed by atoms with Crippen molar-refractivity contribution >= 4 is 39.9 Å². The van der Waals surface area contributed by atoms with Gasteiger partial charge >= 0.3 is 0 Å². The molecule has 0 spiro atoms. The molecule has 2 aromatic carbocycles. The highest BCUT2D eigenvalue weighted by atomic mass is 127. The quantitative estimate of drug-likeness (QED) is 0.455. The molecular formula is C24H28ClIN2O3. The van der Waals surface area contributed by atoms with Crippen molar-refractivity contribution in [3.63, 3.8) is 0 Å². The first-order valence-corrected chi connectivity index (χ1v) is 12.0. The zero-order valence-electron chi connectivity index (χ0n) is 17.9. The van der Waals surface area contributed by atoms with Crippen LogP contribution in [-0.4, -0.2) is 50.4 Å². The van der Waals surface area contributed by atoms with Gasteiger partial charge in [-0.2, -0.15) is 0 Å². The summed E-state index contributed by atoms with van der Waals surface area (Å²) in [6.45, 7) is 12.9. The lowest BCUT2D eigenvalue weighted by molar-refractivity contribution is -0.164. The van der Waals surface area contributed by atoms with Crippen molar-refractivity contribution in [2.75, 3.05) is 44.3 Å². The van der Waals surface area contributed by atoms with Crippen LogP contribution >= 0.6 is 34.2 Å². The Morgan fingerprint density at radius 2 is 1.90 bits per heavy atom. The molecule has 4 rings (SSSR count). The molecule has 31 heavy (non-hydrogen) atoms. The van der Waals surface area contributed by atoms with Crippen LogP contribution in [0.25, 0.3) is 0 Å². The van der Waals surface area contributed by atoms with E-state index in [2.05, 4.69) is 58.0 Å². The zero-order chi connectivity index (χ0) is 22.0. The third-order valence-corrected chi connectivity index (χ3v) is 6.80. The van der Waals surface area contributed by atoms with E-state index < -0.39 is 5.79 Å². The van der Waals surface area contributed by atoms with E-state index in [-0.39, 0.29) is 6.10 Å². The van der Waals surface area contributed by atoms with Crippen LogP contribution < -0.4 is 9.64 Å². The fraction of sp³-hybridized carbons (Fsp3) is 0.417. The first-order valence-electron chi connectivity index (χ1n) is 10.5. The van der Waals surface area contributed by atoms with Crippen molar-refractivity contribution in [3.05, 3.63) is 68.9 Å². The lowest BCUT2D eigenvalue weighted by Crippen LogP contribution is -2.45. The highest BCUT2D eigenvalue weighted by Gasteiger charge is 2.40. The van der Waals surface area contributed by atoms with Crippen LogP contribution in [0.2, 0.25) is 5.02 Å². The number of halogens is 2. The summed E-state index contributed by atoms with van der Waals surface area (Å²) in [5, 5.41) is 0.649. The van der Waals surface area contributed by atoms with E-state index in [1.165, 1.54) is 5.69 Å². The van der Waals surface area contributed by atoms with E-state index in [1.807, 2.05) is 37.3 Å².